The summed E-state index contributed by atoms with van der Waals surface area (Å²) in [6, 6.07) is 18.8. The van der Waals surface area contributed by atoms with E-state index in [2.05, 4.69) is 10.3 Å². The first kappa shape index (κ1) is 25.6. The largest absolute Gasteiger partial charge is 0.448 e. The third-order valence-electron chi connectivity index (χ3n) is 6.26. The Morgan fingerprint density at radius 1 is 1.03 bits per heavy atom. The molecule has 1 atom stereocenters. The van der Waals surface area contributed by atoms with Crippen LogP contribution in [0.3, 0.4) is 0 Å². The second kappa shape index (κ2) is 10.7. The number of hydrogen-bond donors (Lipinski definition) is 1. The summed E-state index contributed by atoms with van der Waals surface area (Å²) in [4.78, 5) is 45.4. The Morgan fingerprint density at radius 2 is 1.76 bits per heavy atom. The number of thiophene rings is 1. The monoisotopic (exact) mass is 543 g/mol. The smallest absolute Gasteiger partial charge is 0.356 e. The summed E-state index contributed by atoms with van der Waals surface area (Å²) >= 11 is 2.87. The van der Waals surface area contributed by atoms with Crippen LogP contribution in [0.4, 0.5) is 5.13 Å². The van der Waals surface area contributed by atoms with Gasteiger partial charge in [-0.05, 0) is 41.8 Å². The van der Waals surface area contributed by atoms with Gasteiger partial charge >= 0.3 is 5.97 Å². The van der Waals surface area contributed by atoms with Gasteiger partial charge in [0.25, 0.3) is 11.5 Å². The molecule has 0 aliphatic heterocycles. The lowest BCUT2D eigenvalue weighted by Gasteiger charge is -2.20. The van der Waals surface area contributed by atoms with Crippen LogP contribution < -0.4 is 10.9 Å². The highest BCUT2D eigenvalue weighted by Crippen LogP contribution is 2.32. The number of fused-ring (bicyclic) bond motifs is 1. The van der Waals surface area contributed by atoms with Crippen molar-refractivity contribution in [3.05, 3.63) is 93.0 Å². The highest BCUT2D eigenvalue weighted by atomic mass is 32.1. The van der Waals surface area contributed by atoms with Crippen LogP contribution in [0, 0.1) is 6.92 Å². The normalized spacial score (nSPS) is 11.9. The van der Waals surface area contributed by atoms with Crippen molar-refractivity contribution in [2.45, 2.75) is 26.4 Å². The minimum atomic E-state index is -1.07. The first-order valence-corrected chi connectivity index (χ1v) is 13.8. The van der Waals surface area contributed by atoms with Gasteiger partial charge in [-0.15, -0.1) is 22.7 Å². The quantitative estimate of drug-likeness (QED) is 0.244. The molecule has 38 heavy (non-hydrogen) atoms. The number of anilines is 1. The van der Waals surface area contributed by atoms with Crippen LogP contribution in [-0.4, -0.2) is 27.5 Å². The van der Waals surface area contributed by atoms with Gasteiger partial charge in [0.15, 0.2) is 11.2 Å². The fraction of sp³-hybridized carbons (Fsp3) is 0.172. The number of hydrogen-bond acceptors (Lipinski definition) is 7. The van der Waals surface area contributed by atoms with Gasteiger partial charge in [0.2, 0.25) is 0 Å². The molecule has 192 valence electrons. The maximum atomic E-state index is 13.6. The average Bonchev–Trinajstić information content (AvgIpc) is 3.62. The number of amides is 1. The summed E-state index contributed by atoms with van der Waals surface area (Å²) < 4.78 is 7.04. The zero-order valence-electron chi connectivity index (χ0n) is 21.1. The van der Waals surface area contributed by atoms with Gasteiger partial charge in [-0.1, -0.05) is 61.0 Å². The molecule has 0 aliphatic rings. The number of nitrogens with zero attached hydrogens (tertiary/aromatic N) is 2. The minimum Gasteiger partial charge on any atom is -0.448 e. The third kappa shape index (κ3) is 4.90. The molecule has 0 aliphatic carbocycles. The maximum absolute atomic E-state index is 13.6. The molecule has 1 amide bonds. The number of thiazole rings is 1. The Kier molecular flexibility index (Phi) is 7.22. The van der Waals surface area contributed by atoms with Crippen molar-refractivity contribution in [1.82, 2.24) is 9.55 Å². The topological polar surface area (TPSA) is 90.3 Å². The fourth-order valence-electron chi connectivity index (χ4n) is 4.28. The molecule has 3 aromatic heterocycles. The summed E-state index contributed by atoms with van der Waals surface area (Å²) in [5, 5.41) is 8.16. The number of ether oxygens (including phenoxy) is 1. The zero-order valence-corrected chi connectivity index (χ0v) is 22.7. The van der Waals surface area contributed by atoms with Crippen molar-refractivity contribution in [1.29, 1.82) is 0 Å². The van der Waals surface area contributed by atoms with Crippen LogP contribution in [0.2, 0.25) is 0 Å². The van der Waals surface area contributed by atoms with Gasteiger partial charge in [0.05, 0.1) is 10.6 Å². The third-order valence-corrected chi connectivity index (χ3v) is 7.91. The first-order valence-electron chi connectivity index (χ1n) is 12.1. The zero-order chi connectivity index (χ0) is 26.8. The van der Waals surface area contributed by atoms with Crippen LogP contribution in [-0.2, 0) is 16.6 Å². The minimum absolute atomic E-state index is 0.0954. The van der Waals surface area contributed by atoms with E-state index >= 15 is 0 Å². The van der Waals surface area contributed by atoms with E-state index in [-0.39, 0.29) is 17.7 Å². The molecule has 2 aromatic carbocycles. The molecule has 5 rings (SSSR count). The summed E-state index contributed by atoms with van der Waals surface area (Å²) in [5.74, 6) is -1.22. The maximum Gasteiger partial charge on any atom is 0.356 e. The summed E-state index contributed by atoms with van der Waals surface area (Å²) in [5.41, 5.74) is 2.99. The van der Waals surface area contributed by atoms with Gasteiger partial charge in [0.1, 0.15) is 5.69 Å². The van der Waals surface area contributed by atoms with Crippen molar-refractivity contribution in [3.63, 3.8) is 0 Å². The number of esters is 1. The summed E-state index contributed by atoms with van der Waals surface area (Å²) in [6.45, 7) is 3.74. The Labute approximate surface area is 227 Å². The average molecular weight is 544 g/mol. The van der Waals surface area contributed by atoms with E-state index in [1.54, 1.807) is 37.4 Å². The number of pyridine rings is 1. The van der Waals surface area contributed by atoms with Crippen molar-refractivity contribution < 1.29 is 14.3 Å². The molecule has 1 unspecified atom stereocenters. The summed E-state index contributed by atoms with van der Waals surface area (Å²) in [6.07, 6.45) is -0.814. The van der Waals surface area contributed by atoms with E-state index in [9.17, 15) is 14.4 Å². The Morgan fingerprint density at radius 3 is 2.45 bits per heavy atom. The van der Waals surface area contributed by atoms with Crippen LogP contribution in [0.1, 0.15) is 29.4 Å². The van der Waals surface area contributed by atoms with Gasteiger partial charge in [-0.3, -0.25) is 14.9 Å². The number of carbonyl (C=O) groups excluding carboxylic acids is 2. The highest BCUT2D eigenvalue weighted by Gasteiger charge is 2.28. The molecule has 0 spiro atoms. The predicted molar refractivity (Wildman–Crippen MR) is 153 cm³/mol. The second-order valence-corrected chi connectivity index (χ2v) is 10.6. The molecule has 3 heterocycles. The molecule has 1 N–H and O–H groups in total. The second-order valence-electron chi connectivity index (χ2n) is 8.81. The van der Waals surface area contributed by atoms with Gasteiger partial charge in [-0.2, -0.15) is 0 Å². The van der Waals surface area contributed by atoms with Crippen LogP contribution >= 0.6 is 22.7 Å². The molecule has 5 aromatic rings. The molecular formula is C29H25N3O4S2. The van der Waals surface area contributed by atoms with Gasteiger partial charge < -0.3 is 9.30 Å². The van der Waals surface area contributed by atoms with Crippen molar-refractivity contribution in [2.24, 2.45) is 7.05 Å². The van der Waals surface area contributed by atoms with Crippen LogP contribution in [0.25, 0.3) is 32.5 Å². The first-order chi connectivity index (χ1) is 18.4. The lowest BCUT2D eigenvalue weighted by molar-refractivity contribution is -0.124. The number of aromatic nitrogens is 2. The highest BCUT2D eigenvalue weighted by molar-refractivity contribution is 7.16. The molecule has 0 saturated heterocycles. The number of nitrogens with one attached hydrogen (secondary N) is 1. The van der Waals surface area contributed by atoms with Crippen LogP contribution in [0.15, 0.2) is 76.2 Å². The molecule has 9 heteroatoms. The number of carbonyl (C=O) groups is 2. The standard InChI is InChI=1S/C29H25N3O4S2/c1-4-22(26(33)31-29-30-21(16-38-29)23-10-7-15-37-23)36-28(35)25-24(18-13-11-17(2)12-14-18)19-8-5-6-9-20(19)27(34)32(25)3/h5-16,22H,4H2,1-3H3,(H,30,31,33). The number of aryl methyl sites for hydroxylation is 1. The molecule has 0 bridgehead atoms. The van der Waals surface area contributed by atoms with E-state index in [4.69, 9.17) is 4.74 Å². The molecule has 7 nitrogen and oxygen atoms in total. The predicted octanol–water partition coefficient (Wildman–Crippen LogP) is 6.27. The molecule has 0 fully saturated rings. The SMILES string of the molecule is CCC(OC(=O)c1c(-c2ccc(C)cc2)c2ccccc2c(=O)n1C)C(=O)Nc1nc(-c2cccs2)cs1. The van der Waals surface area contributed by atoms with Gasteiger partial charge in [-0.25, -0.2) is 9.78 Å². The Bertz CT molecular complexity index is 1690. The van der Waals surface area contributed by atoms with Crippen LogP contribution in [0.5, 0.6) is 0 Å². The van der Waals surface area contributed by atoms with E-state index in [1.807, 2.05) is 66.2 Å². The van der Waals surface area contributed by atoms with Crippen molar-refractivity contribution in [3.8, 4) is 21.7 Å². The number of rotatable bonds is 7. The fourth-order valence-corrected chi connectivity index (χ4v) is 5.75. The lowest BCUT2D eigenvalue weighted by atomic mass is 9.96. The summed E-state index contributed by atoms with van der Waals surface area (Å²) in [7, 11) is 1.55. The van der Waals surface area contributed by atoms with E-state index in [0.29, 0.717) is 21.5 Å². The lowest BCUT2D eigenvalue weighted by Crippen LogP contribution is -2.34. The van der Waals surface area contributed by atoms with Crippen molar-refractivity contribution >= 4 is 50.5 Å². The van der Waals surface area contributed by atoms with E-state index in [0.717, 1.165) is 21.7 Å². The molecule has 0 radical (unpaired) electrons. The van der Waals surface area contributed by atoms with Crippen molar-refractivity contribution in [2.75, 3.05) is 5.32 Å². The Hall–Kier alpha value is -4.08. The molecular weight excluding hydrogens is 518 g/mol. The molecule has 0 saturated carbocycles. The number of benzene rings is 2. The van der Waals surface area contributed by atoms with E-state index < -0.39 is 18.0 Å². The van der Waals surface area contributed by atoms with E-state index in [1.165, 1.54) is 15.9 Å². The van der Waals surface area contributed by atoms with Gasteiger partial charge in [0, 0.05) is 23.4 Å². The Balaban J connectivity index is 1.48.